The third-order valence-electron chi connectivity index (χ3n) is 3.92. The molecule has 5 heteroatoms. The Morgan fingerprint density at radius 3 is 2.75 bits per heavy atom. The lowest BCUT2D eigenvalue weighted by atomic mass is 9.87. The van der Waals surface area contributed by atoms with Gasteiger partial charge in [0.05, 0.1) is 18.8 Å². The Hall–Kier alpha value is -1.62. The maximum atomic E-state index is 11.5. The van der Waals surface area contributed by atoms with Gasteiger partial charge in [-0.2, -0.15) is 0 Å². The molecule has 2 N–H and O–H groups in total. The molecule has 1 aliphatic rings. The molecule has 1 heterocycles. The fraction of sp³-hybridized carbons (Fsp3) is 0.600. The zero-order chi connectivity index (χ0) is 14.4. The van der Waals surface area contributed by atoms with E-state index in [4.69, 9.17) is 4.74 Å². The van der Waals surface area contributed by atoms with E-state index in [-0.39, 0.29) is 18.0 Å². The smallest absolute Gasteiger partial charge is 0.339 e. The van der Waals surface area contributed by atoms with Crippen LogP contribution in [0.1, 0.15) is 43.0 Å². The molecule has 0 amide bonds. The van der Waals surface area contributed by atoms with Crippen LogP contribution in [0.25, 0.3) is 0 Å². The van der Waals surface area contributed by atoms with Crippen molar-refractivity contribution in [2.45, 2.75) is 32.6 Å². The Morgan fingerprint density at radius 2 is 2.20 bits per heavy atom. The summed E-state index contributed by atoms with van der Waals surface area (Å²) in [5.41, 5.74) is 0.441. The summed E-state index contributed by atoms with van der Waals surface area (Å²) < 4.78 is 4.91. The second-order valence-corrected chi connectivity index (χ2v) is 5.37. The van der Waals surface area contributed by atoms with Crippen LogP contribution in [-0.4, -0.2) is 35.8 Å². The molecule has 0 unspecified atom stereocenters. The maximum Gasteiger partial charge on any atom is 0.339 e. The molecule has 0 atom stereocenters. The van der Waals surface area contributed by atoms with E-state index in [1.54, 1.807) is 19.1 Å². The van der Waals surface area contributed by atoms with Crippen LogP contribution in [0.3, 0.4) is 0 Å². The summed E-state index contributed by atoms with van der Waals surface area (Å²) in [6.07, 6.45) is 5.98. The first kappa shape index (κ1) is 14.8. The topological polar surface area (TPSA) is 71.5 Å². The van der Waals surface area contributed by atoms with Crippen LogP contribution >= 0.6 is 0 Å². The molecule has 110 valence electrons. The predicted octanol–water partition coefficient (Wildman–Crippen LogP) is 2.22. The fourth-order valence-electron chi connectivity index (χ4n) is 2.63. The van der Waals surface area contributed by atoms with Crippen molar-refractivity contribution in [3.63, 3.8) is 0 Å². The molecule has 1 aliphatic carbocycles. The number of pyridine rings is 1. The lowest BCUT2D eigenvalue weighted by molar-refractivity contribution is 0.0526. The van der Waals surface area contributed by atoms with E-state index >= 15 is 0 Å². The number of carbonyl (C=O) groups excluding carboxylic acids is 1. The largest absolute Gasteiger partial charge is 0.462 e. The molecule has 0 saturated heterocycles. The van der Waals surface area contributed by atoms with Crippen molar-refractivity contribution in [2.75, 3.05) is 25.1 Å². The maximum absolute atomic E-state index is 11.5. The summed E-state index contributed by atoms with van der Waals surface area (Å²) in [4.78, 5) is 15.7. The van der Waals surface area contributed by atoms with Crippen molar-refractivity contribution >= 4 is 11.8 Å². The highest BCUT2D eigenvalue weighted by Gasteiger charge is 2.32. The Balaban J connectivity index is 1.92. The van der Waals surface area contributed by atoms with Gasteiger partial charge in [-0.25, -0.2) is 9.78 Å². The van der Waals surface area contributed by atoms with Crippen molar-refractivity contribution in [3.8, 4) is 0 Å². The average molecular weight is 278 g/mol. The summed E-state index contributed by atoms with van der Waals surface area (Å²) >= 11 is 0. The van der Waals surface area contributed by atoms with Gasteiger partial charge >= 0.3 is 5.97 Å². The summed E-state index contributed by atoms with van der Waals surface area (Å²) in [6.45, 7) is 3.06. The van der Waals surface area contributed by atoms with E-state index in [1.165, 1.54) is 19.0 Å². The first-order chi connectivity index (χ1) is 9.69. The minimum Gasteiger partial charge on any atom is -0.462 e. The van der Waals surface area contributed by atoms with Gasteiger partial charge < -0.3 is 15.2 Å². The van der Waals surface area contributed by atoms with Gasteiger partial charge in [0.15, 0.2) is 0 Å². The molecule has 0 radical (unpaired) electrons. The monoisotopic (exact) mass is 278 g/mol. The van der Waals surface area contributed by atoms with Crippen molar-refractivity contribution in [1.82, 2.24) is 4.98 Å². The van der Waals surface area contributed by atoms with Crippen molar-refractivity contribution in [2.24, 2.45) is 5.41 Å². The van der Waals surface area contributed by atoms with E-state index < -0.39 is 0 Å². The van der Waals surface area contributed by atoms with E-state index in [0.717, 1.165) is 25.2 Å². The average Bonchev–Trinajstić information content (AvgIpc) is 2.95. The molecule has 20 heavy (non-hydrogen) atoms. The highest BCUT2D eigenvalue weighted by Crippen LogP contribution is 2.37. The number of hydrogen-bond donors (Lipinski definition) is 2. The number of aliphatic hydroxyl groups is 1. The lowest BCUT2D eigenvalue weighted by Gasteiger charge is -2.26. The van der Waals surface area contributed by atoms with Crippen LogP contribution in [0.2, 0.25) is 0 Å². The highest BCUT2D eigenvalue weighted by molar-refractivity contribution is 5.89. The summed E-state index contributed by atoms with van der Waals surface area (Å²) in [7, 11) is 0. The number of aromatic nitrogens is 1. The van der Waals surface area contributed by atoms with Gasteiger partial charge in [-0.15, -0.1) is 0 Å². The minimum atomic E-state index is -0.353. The number of aliphatic hydroxyl groups excluding tert-OH is 1. The second kappa shape index (κ2) is 6.70. The molecular weight excluding hydrogens is 256 g/mol. The Kier molecular flexibility index (Phi) is 4.95. The van der Waals surface area contributed by atoms with Crippen molar-refractivity contribution < 1.29 is 14.6 Å². The Morgan fingerprint density at radius 1 is 1.45 bits per heavy atom. The molecule has 0 aromatic carbocycles. The second-order valence-electron chi connectivity index (χ2n) is 5.37. The fourth-order valence-corrected chi connectivity index (χ4v) is 2.63. The van der Waals surface area contributed by atoms with Gasteiger partial charge in [-0.3, -0.25) is 0 Å². The summed E-state index contributed by atoms with van der Waals surface area (Å²) in [6, 6.07) is 3.47. The Labute approximate surface area is 119 Å². The molecule has 0 spiro atoms. The normalized spacial score (nSPS) is 16.9. The molecule has 0 aliphatic heterocycles. The predicted molar refractivity (Wildman–Crippen MR) is 76.7 cm³/mol. The number of nitrogens with zero attached hydrogens (tertiary/aromatic N) is 1. The minimum absolute atomic E-state index is 0.0124. The third-order valence-corrected chi connectivity index (χ3v) is 3.92. The first-order valence-corrected chi connectivity index (χ1v) is 7.17. The van der Waals surface area contributed by atoms with Crippen LogP contribution < -0.4 is 5.32 Å². The molecule has 2 rings (SSSR count). The molecule has 5 nitrogen and oxygen atoms in total. The van der Waals surface area contributed by atoms with E-state index in [0.29, 0.717) is 12.2 Å². The first-order valence-electron chi connectivity index (χ1n) is 7.17. The van der Waals surface area contributed by atoms with Crippen LogP contribution in [0, 0.1) is 5.41 Å². The van der Waals surface area contributed by atoms with Gasteiger partial charge in [0.1, 0.15) is 5.82 Å². The summed E-state index contributed by atoms with van der Waals surface area (Å²) in [5.74, 6) is 0.368. The van der Waals surface area contributed by atoms with E-state index in [2.05, 4.69) is 10.3 Å². The van der Waals surface area contributed by atoms with Gasteiger partial charge in [0.2, 0.25) is 0 Å². The molecule has 1 saturated carbocycles. The lowest BCUT2D eigenvalue weighted by Crippen LogP contribution is -2.30. The van der Waals surface area contributed by atoms with Crippen LogP contribution in [0.4, 0.5) is 5.82 Å². The number of hydrogen-bond acceptors (Lipinski definition) is 5. The Bertz CT molecular complexity index is 439. The summed E-state index contributed by atoms with van der Waals surface area (Å²) in [5, 5.41) is 12.8. The van der Waals surface area contributed by atoms with Crippen molar-refractivity contribution in [3.05, 3.63) is 23.9 Å². The molecule has 1 fully saturated rings. The SMILES string of the molecule is CCOC(=O)c1ccc(NCC2(CO)CCCC2)nc1. The number of anilines is 1. The van der Waals surface area contributed by atoms with Crippen LogP contribution in [0.5, 0.6) is 0 Å². The zero-order valence-electron chi connectivity index (χ0n) is 11.9. The molecular formula is C15H22N2O3. The zero-order valence-corrected chi connectivity index (χ0v) is 11.9. The van der Waals surface area contributed by atoms with Gasteiger partial charge in [0.25, 0.3) is 0 Å². The molecule has 0 bridgehead atoms. The third kappa shape index (κ3) is 3.48. The van der Waals surface area contributed by atoms with Crippen molar-refractivity contribution in [1.29, 1.82) is 0 Å². The van der Waals surface area contributed by atoms with Crippen LogP contribution in [0.15, 0.2) is 18.3 Å². The van der Waals surface area contributed by atoms with E-state index in [9.17, 15) is 9.90 Å². The number of esters is 1. The number of ether oxygens (including phenoxy) is 1. The highest BCUT2D eigenvalue weighted by atomic mass is 16.5. The van der Waals surface area contributed by atoms with Gasteiger partial charge in [-0.1, -0.05) is 12.8 Å². The number of carbonyl (C=O) groups is 1. The van der Waals surface area contributed by atoms with E-state index in [1.807, 2.05) is 0 Å². The van der Waals surface area contributed by atoms with Crippen LogP contribution in [-0.2, 0) is 4.74 Å². The standard InChI is InChI=1S/C15H22N2O3/c1-2-20-14(19)12-5-6-13(16-9-12)17-10-15(11-18)7-3-4-8-15/h5-6,9,18H,2-4,7-8,10-11H2,1H3,(H,16,17). The molecule has 1 aromatic heterocycles. The molecule has 1 aromatic rings. The quantitative estimate of drug-likeness (QED) is 0.781. The van der Waals surface area contributed by atoms with Gasteiger partial charge in [-0.05, 0) is 31.9 Å². The number of rotatable bonds is 6. The number of nitrogens with one attached hydrogen (secondary N) is 1. The van der Waals surface area contributed by atoms with Gasteiger partial charge in [0, 0.05) is 18.2 Å².